The van der Waals surface area contributed by atoms with Crippen molar-refractivity contribution in [2.75, 3.05) is 19.7 Å². The van der Waals surface area contributed by atoms with Crippen LogP contribution >= 0.6 is 0 Å². The lowest BCUT2D eigenvalue weighted by molar-refractivity contribution is 0.0957. The Morgan fingerprint density at radius 2 is 2.19 bits per heavy atom. The summed E-state index contributed by atoms with van der Waals surface area (Å²) in [6, 6.07) is 6.27. The van der Waals surface area contributed by atoms with Crippen LogP contribution in [-0.4, -0.2) is 25.6 Å². The van der Waals surface area contributed by atoms with Crippen LogP contribution in [0.15, 0.2) is 18.2 Å². The minimum Gasteiger partial charge on any atom is -0.491 e. The molecule has 1 amide bonds. The Labute approximate surface area is 127 Å². The van der Waals surface area contributed by atoms with Crippen molar-refractivity contribution in [3.63, 3.8) is 0 Å². The topological polar surface area (TPSA) is 50.4 Å². The highest BCUT2D eigenvalue weighted by Gasteiger charge is 2.22. The Morgan fingerprint density at radius 1 is 1.38 bits per heavy atom. The molecule has 2 N–H and O–H groups in total. The molecule has 0 saturated carbocycles. The van der Waals surface area contributed by atoms with Crippen LogP contribution in [0.5, 0.6) is 5.75 Å². The summed E-state index contributed by atoms with van der Waals surface area (Å²) in [4.78, 5) is 12.1. The zero-order valence-corrected chi connectivity index (χ0v) is 13.2. The molecule has 0 bridgehead atoms. The first kappa shape index (κ1) is 15.8. The molecular formula is C17H26N2O2. The largest absolute Gasteiger partial charge is 0.491 e. The van der Waals surface area contributed by atoms with E-state index in [-0.39, 0.29) is 11.9 Å². The van der Waals surface area contributed by atoms with Gasteiger partial charge in [0.05, 0.1) is 12.1 Å². The lowest BCUT2D eigenvalue weighted by atomic mass is 9.91. The first-order valence-electron chi connectivity index (χ1n) is 7.95. The van der Waals surface area contributed by atoms with E-state index in [4.69, 9.17) is 4.74 Å². The van der Waals surface area contributed by atoms with Gasteiger partial charge >= 0.3 is 0 Å². The highest BCUT2D eigenvalue weighted by atomic mass is 16.5. The Balaban J connectivity index is 2.30. The molecule has 1 heterocycles. The van der Waals surface area contributed by atoms with Crippen molar-refractivity contribution < 1.29 is 9.53 Å². The van der Waals surface area contributed by atoms with Crippen molar-refractivity contribution in [1.82, 2.24) is 10.6 Å². The summed E-state index contributed by atoms with van der Waals surface area (Å²) >= 11 is 0. The van der Waals surface area contributed by atoms with E-state index in [9.17, 15) is 4.79 Å². The van der Waals surface area contributed by atoms with Crippen LogP contribution in [0, 0.1) is 5.92 Å². The molecule has 21 heavy (non-hydrogen) atoms. The molecule has 2 atom stereocenters. The summed E-state index contributed by atoms with van der Waals surface area (Å²) in [5, 5.41) is 6.47. The zero-order chi connectivity index (χ0) is 15.2. The molecule has 0 aliphatic carbocycles. The zero-order valence-electron chi connectivity index (χ0n) is 13.2. The van der Waals surface area contributed by atoms with Crippen LogP contribution in [0.3, 0.4) is 0 Å². The highest BCUT2D eigenvalue weighted by molar-refractivity contribution is 5.97. The van der Waals surface area contributed by atoms with E-state index >= 15 is 0 Å². The van der Waals surface area contributed by atoms with Crippen molar-refractivity contribution in [1.29, 1.82) is 0 Å². The van der Waals surface area contributed by atoms with Gasteiger partial charge in [0.2, 0.25) is 0 Å². The van der Waals surface area contributed by atoms with E-state index in [1.807, 2.05) is 12.1 Å². The van der Waals surface area contributed by atoms with Gasteiger partial charge in [0.1, 0.15) is 12.4 Å². The molecule has 1 aromatic rings. The number of hydrogen-bond acceptors (Lipinski definition) is 3. The predicted octanol–water partition coefficient (Wildman–Crippen LogP) is 2.90. The molecule has 116 valence electrons. The van der Waals surface area contributed by atoms with Gasteiger partial charge in [0.25, 0.3) is 5.91 Å². The van der Waals surface area contributed by atoms with Gasteiger partial charge in [0.15, 0.2) is 0 Å². The summed E-state index contributed by atoms with van der Waals surface area (Å²) in [5.41, 5.74) is 1.81. The highest BCUT2D eigenvalue weighted by Crippen LogP contribution is 2.29. The standard InChI is InChI=1S/C17H26N2O2/c1-4-8-18-16(12(3)5-2)13-6-7-15-14(11-13)17(20)19-9-10-21-15/h6-7,11-12,16,18H,4-5,8-10H2,1-3H3,(H,19,20). The van der Waals surface area contributed by atoms with E-state index in [0.717, 1.165) is 24.9 Å². The van der Waals surface area contributed by atoms with Gasteiger partial charge in [-0.25, -0.2) is 0 Å². The number of ether oxygens (including phenoxy) is 1. The van der Waals surface area contributed by atoms with E-state index in [2.05, 4.69) is 37.5 Å². The van der Waals surface area contributed by atoms with Crippen LogP contribution in [0.1, 0.15) is 55.6 Å². The number of hydrogen-bond donors (Lipinski definition) is 2. The molecular weight excluding hydrogens is 264 g/mol. The third-order valence-electron chi connectivity index (χ3n) is 4.08. The Morgan fingerprint density at radius 3 is 2.90 bits per heavy atom. The van der Waals surface area contributed by atoms with Gasteiger partial charge in [-0.1, -0.05) is 33.3 Å². The van der Waals surface area contributed by atoms with E-state index in [1.165, 1.54) is 0 Å². The minimum atomic E-state index is -0.0391. The van der Waals surface area contributed by atoms with Gasteiger partial charge in [-0.2, -0.15) is 0 Å². The van der Waals surface area contributed by atoms with Crippen LogP contribution in [0.2, 0.25) is 0 Å². The summed E-state index contributed by atoms with van der Waals surface area (Å²) in [6.07, 6.45) is 2.20. The first-order valence-corrected chi connectivity index (χ1v) is 7.95. The van der Waals surface area contributed by atoms with Crippen LogP contribution < -0.4 is 15.4 Å². The number of carbonyl (C=O) groups excluding carboxylic acids is 1. The fourth-order valence-electron chi connectivity index (χ4n) is 2.65. The van der Waals surface area contributed by atoms with E-state index in [0.29, 0.717) is 30.4 Å². The molecule has 4 heteroatoms. The van der Waals surface area contributed by atoms with Crippen LogP contribution in [0.25, 0.3) is 0 Å². The van der Waals surface area contributed by atoms with Gasteiger partial charge < -0.3 is 15.4 Å². The molecule has 2 rings (SSSR count). The number of nitrogens with one attached hydrogen (secondary N) is 2. The van der Waals surface area contributed by atoms with Crippen molar-refractivity contribution in [3.8, 4) is 5.75 Å². The average molecular weight is 290 g/mol. The molecule has 0 spiro atoms. The third kappa shape index (κ3) is 3.76. The monoisotopic (exact) mass is 290 g/mol. The van der Waals surface area contributed by atoms with E-state index in [1.54, 1.807) is 0 Å². The number of rotatable bonds is 6. The smallest absolute Gasteiger partial charge is 0.255 e. The molecule has 4 nitrogen and oxygen atoms in total. The molecule has 2 unspecified atom stereocenters. The SMILES string of the molecule is CCCNC(c1ccc2c(c1)C(=O)NCCO2)C(C)CC. The second kappa shape index (κ2) is 7.46. The van der Waals surface area contributed by atoms with E-state index < -0.39 is 0 Å². The van der Waals surface area contributed by atoms with Crippen molar-refractivity contribution in [3.05, 3.63) is 29.3 Å². The first-order chi connectivity index (χ1) is 10.2. The van der Waals surface area contributed by atoms with Crippen LogP contribution in [0.4, 0.5) is 0 Å². The quantitative estimate of drug-likeness (QED) is 0.847. The number of carbonyl (C=O) groups is 1. The molecule has 0 fully saturated rings. The second-order valence-electron chi connectivity index (χ2n) is 5.68. The number of benzene rings is 1. The molecule has 1 aliphatic rings. The normalized spacial score (nSPS) is 17.2. The minimum absolute atomic E-state index is 0.0391. The van der Waals surface area contributed by atoms with Gasteiger partial charge in [-0.3, -0.25) is 4.79 Å². The van der Waals surface area contributed by atoms with Crippen molar-refractivity contribution in [2.45, 2.75) is 39.7 Å². The van der Waals surface area contributed by atoms with Gasteiger partial charge in [-0.05, 0) is 36.6 Å². The Kier molecular flexibility index (Phi) is 5.62. The molecule has 1 aliphatic heterocycles. The summed E-state index contributed by atoms with van der Waals surface area (Å²) in [6.45, 7) is 8.68. The van der Waals surface area contributed by atoms with Gasteiger partial charge in [0, 0.05) is 6.04 Å². The van der Waals surface area contributed by atoms with Crippen molar-refractivity contribution in [2.24, 2.45) is 5.92 Å². The number of amides is 1. The Bertz CT molecular complexity index is 488. The summed E-state index contributed by atoms with van der Waals surface area (Å²) < 4.78 is 5.62. The maximum absolute atomic E-state index is 12.1. The molecule has 0 aromatic heterocycles. The van der Waals surface area contributed by atoms with Crippen molar-refractivity contribution >= 4 is 5.91 Å². The summed E-state index contributed by atoms with van der Waals surface area (Å²) in [5.74, 6) is 1.17. The maximum Gasteiger partial charge on any atom is 0.255 e. The predicted molar refractivity (Wildman–Crippen MR) is 84.8 cm³/mol. The van der Waals surface area contributed by atoms with Gasteiger partial charge in [-0.15, -0.1) is 0 Å². The molecule has 0 radical (unpaired) electrons. The molecule has 1 aromatic carbocycles. The maximum atomic E-state index is 12.1. The fourth-order valence-corrected chi connectivity index (χ4v) is 2.65. The fraction of sp³-hybridized carbons (Fsp3) is 0.588. The Hall–Kier alpha value is -1.55. The summed E-state index contributed by atoms with van der Waals surface area (Å²) in [7, 11) is 0. The molecule has 0 saturated heterocycles. The lowest BCUT2D eigenvalue weighted by Crippen LogP contribution is -2.28. The average Bonchev–Trinajstić information content (AvgIpc) is 2.69. The number of fused-ring (bicyclic) bond motifs is 1. The third-order valence-corrected chi connectivity index (χ3v) is 4.08. The lowest BCUT2D eigenvalue weighted by Gasteiger charge is -2.25. The second-order valence-corrected chi connectivity index (χ2v) is 5.68. The van der Waals surface area contributed by atoms with Crippen LogP contribution in [-0.2, 0) is 0 Å².